The maximum Gasteiger partial charge on any atom is 0.330 e. The first-order valence-electron chi connectivity index (χ1n) is 8.12. The van der Waals surface area contributed by atoms with Crippen LogP contribution in [0.25, 0.3) is 0 Å². The van der Waals surface area contributed by atoms with Gasteiger partial charge in [0, 0.05) is 16.2 Å². The lowest BCUT2D eigenvalue weighted by atomic mass is 10.1. The Morgan fingerprint density at radius 2 is 1.92 bits per heavy atom. The molecule has 2 aromatic rings. The molecule has 0 saturated carbocycles. The first-order chi connectivity index (χ1) is 11.9. The molecule has 2 rings (SSSR count). The maximum atomic E-state index is 12.1. The number of carbonyl (C=O) groups excluding carboxylic acids is 1. The number of amides is 1. The zero-order valence-corrected chi connectivity index (χ0v) is 15.5. The molecule has 0 aliphatic rings. The number of hydrogen-bond acceptors (Lipinski definition) is 4. The molecule has 0 fully saturated rings. The number of aryl methyl sites for hydroxylation is 3. The van der Waals surface area contributed by atoms with Gasteiger partial charge >= 0.3 is 5.97 Å². The zero-order valence-electron chi connectivity index (χ0n) is 14.7. The third-order valence-electron chi connectivity index (χ3n) is 4.00. The molecule has 0 aliphatic carbocycles. The summed E-state index contributed by atoms with van der Waals surface area (Å²) in [5.74, 6) is -0.698. The lowest BCUT2D eigenvalue weighted by Crippen LogP contribution is -2.33. The molecule has 134 valence electrons. The summed E-state index contributed by atoms with van der Waals surface area (Å²) in [7, 11) is 1.54. The normalized spacial score (nSPS) is 11.8. The van der Waals surface area contributed by atoms with E-state index >= 15 is 0 Å². The predicted octanol–water partition coefficient (Wildman–Crippen LogP) is 3.64. The molecule has 2 N–H and O–H groups in total. The summed E-state index contributed by atoms with van der Waals surface area (Å²) < 4.78 is 5.06. The maximum absolute atomic E-state index is 12.1. The van der Waals surface area contributed by atoms with Gasteiger partial charge in [-0.1, -0.05) is 12.1 Å². The molecule has 25 heavy (non-hydrogen) atoms. The molecular weight excluding hydrogens is 338 g/mol. The van der Waals surface area contributed by atoms with Crippen LogP contribution in [0.4, 0.5) is 0 Å². The van der Waals surface area contributed by atoms with Crippen molar-refractivity contribution in [2.75, 3.05) is 7.11 Å². The van der Waals surface area contributed by atoms with Crippen molar-refractivity contribution in [1.29, 1.82) is 0 Å². The second-order valence-electron chi connectivity index (χ2n) is 5.90. The molecule has 1 aromatic heterocycles. The monoisotopic (exact) mass is 361 g/mol. The highest BCUT2D eigenvalue weighted by Gasteiger charge is 2.21. The third-order valence-corrected chi connectivity index (χ3v) is 5.00. The van der Waals surface area contributed by atoms with Crippen LogP contribution in [0.1, 0.15) is 39.8 Å². The van der Waals surface area contributed by atoms with Crippen LogP contribution in [0.2, 0.25) is 0 Å². The van der Waals surface area contributed by atoms with Gasteiger partial charge < -0.3 is 15.2 Å². The third kappa shape index (κ3) is 5.32. The van der Waals surface area contributed by atoms with E-state index in [-0.39, 0.29) is 5.91 Å². The van der Waals surface area contributed by atoms with Crippen molar-refractivity contribution in [3.8, 4) is 5.75 Å². The molecule has 1 atom stereocenters. The van der Waals surface area contributed by atoms with E-state index in [4.69, 9.17) is 4.74 Å². The standard InChI is InChI=1S/C19H23NO4S/c1-12-11-15(13(2)25-12)5-4-6-17(21)20-18(19(22)23)14-7-9-16(24-3)10-8-14/h7-11,18H,4-6H2,1-3H3,(H,20,21)(H,22,23). The van der Waals surface area contributed by atoms with E-state index in [2.05, 4.69) is 25.2 Å². The number of nitrogens with one attached hydrogen (secondary N) is 1. The molecule has 1 amide bonds. The number of carboxylic acid groups (broad SMARTS) is 1. The van der Waals surface area contributed by atoms with Gasteiger partial charge in [0.25, 0.3) is 0 Å². The molecule has 6 heteroatoms. The quantitative estimate of drug-likeness (QED) is 0.753. The minimum Gasteiger partial charge on any atom is -0.497 e. The fourth-order valence-electron chi connectivity index (χ4n) is 2.69. The van der Waals surface area contributed by atoms with Crippen LogP contribution in [0.15, 0.2) is 30.3 Å². The van der Waals surface area contributed by atoms with Crippen LogP contribution in [0.3, 0.4) is 0 Å². The molecule has 0 saturated heterocycles. The summed E-state index contributed by atoms with van der Waals surface area (Å²) >= 11 is 1.75. The first kappa shape index (κ1) is 19.0. The number of ether oxygens (including phenoxy) is 1. The van der Waals surface area contributed by atoms with Gasteiger partial charge in [-0.15, -0.1) is 11.3 Å². The van der Waals surface area contributed by atoms with Crippen LogP contribution in [-0.4, -0.2) is 24.1 Å². The summed E-state index contributed by atoms with van der Waals surface area (Å²) in [4.78, 5) is 26.2. The molecule has 0 bridgehead atoms. The number of carboxylic acids is 1. The van der Waals surface area contributed by atoms with Gasteiger partial charge in [-0.2, -0.15) is 0 Å². The first-order valence-corrected chi connectivity index (χ1v) is 8.94. The highest BCUT2D eigenvalue weighted by Crippen LogP contribution is 2.22. The van der Waals surface area contributed by atoms with E-state index < -0.39 is 12.0 Å². The summed E-state index contributed by atoms with van der Waals surface area (Å²) in [6.45, 7) is 4.15. The van der Waals surface area contributed by atoms with Gasteiger partial charge in [0.2, 0.25) is 5.91 Å². The van der Waals surface area contributed by atoms with E-state index in [1.165, 1.54) is 15.3 Å². The Labute approximate surface area is 151 Å². The van der Waals surface area contributed by atoms with E-state index in [1.54, 1.807) is 42.7 Å². The van der Waals surface area contributed by atoms with E-state index in [9.17, 15) is 14.7 Å². The van der Waals surface area contributed by atoms with Gasteiger partial charge in [-0.05, 0) is 56.0 Å². The smallest absolute Gasteiger partial charge is 0.330 e. The average molecular weight is 361 g/mol. The number of aliphatic carboxylic acids is 1. The largest absolute Gasteiger partial charge is 0.497 e. The minimum absolute atomic E-state index is 0.257. The van der Waals surface area contributed by atoms with Crippen molar-refractivity contribution in [2.45, 2.75) is 39.2 Å². The van der Waals surface area contributed by atoms with Crippen molar-refractivity contribution in [3.63, 3.8) is 0 Å². The van der Waals surface area contributed by atoms with Crippen LogP contribution >= 0.6 is 11.3 Å². The van der Waals surface area contributed by atoms with Crippen LogP contribution < -0.4 is 10.1 Å². The average Bonchev–Trinajstić information content (AvgIpc) is 2.90. The second-order valence-corrected chi connectivity index (χ2v) is 7.36. The van der Waals surface area contributed by atoms with Crippen molar-refractivity contribution >= 4 is 23.2 Å². The van der Waals surface area contributed by atoms with Gasteiger partial charge in [0.05, 0.1) is 7.11 Å². The molecule has 0 radical (unpaired) electrons. The second kappa shape index (κ2) is 8.67. The molecule has 5 nitrogen and oxygen atoms in total. The van der Waals surface area contributed by atoms with Crippen molar-refractivity contribution in [2.24, 2.45) is 0 Å². The molecule has 0 spiro atoms. The molecule has 1 aromatic carbocycles. The van der Waals surface area contributed by atoms with E-state index in [0.29, 0.717) is 24.2 Å². The lowest BCUT2D eigenvalue weighted by molar-refractivity contribution is -0.142. The van der Waals surface area contributed by atoms with E-state index in [1.807, 2.05) is 0 Å². The summed E-state index contributed by atoms with van der Waals surface area (Å²) in [6.07, 6.45) is 1.82. The summed E-state index contributed by atoms with van der Waals surface area (Å²) in [5, 5.41) is 12.0. The number of hydrogen-bond donors (Lipinski definition) is 2. The lowest BCUT2D eigenvalue weighted by Gasteiger charge is -2.15. The number of thiophene rings is 1. The van der Waals surface area contributed by atoms with Crippen molar-refractivity contribution < 1.29 is 19.4 Å². The van der Waals surface area contributed by atoms with Gasteiger partial charge in [0.1, 0.15) is 5.75 Å². The molecule has 1 heterocycles. The minimum atomic E-state index is -1.08. The fourth-order valence-corrected chi connectivity index (χ4v) is 3.66. The van der Waals surface area contributed by atoms with Gasteiger partial charge in [0.15, 0.2) is 6.04 Å². The van der Waals surface area contributed by atoms with Crippen LogP contribution in [-0.2, 0) is 16.0 Å². The summed E-state index contributed by atoms with van der Waals surface area (Å²) in [6, 6.07) is 7.75. The number of methoxy groups -OCH3 is 1. The SMILES string of the molecule is COc1ccc(C(NC(=O)CCCc2cc(C)sc2C)C(=O)O)cc1. The Bertz CT molecular complexity index is 736. The van der Waals surface area contributed by atoms with E-state index in [0.717, 1.165) is 6.42 Å². The molecular formula is C19H23NO4S. The highest BCUT2D eigenvalue weighted by molar-refractivity contribution is 7.12. The Morgan fingerprint density at radius 1 is 1.24 bits per heavy atom. The number of benzene rings is 1. The van der Waals surface area contributed by atoms with Gasteiger partial charge in [-0.3, -0.25) is 4.79 Å². The van der Waals surface area contributed by atoms with Crippen LogP contribution in [0, 0.1) is 13.8 Å². The Kier molecular flexibility index (Phi) is 6.58. The zero-order chi connectivity index (χ0) is 18.4. The Morgan fingerprint density at radius 3 is 2.44 bits per heavy atom. The predicted molar refractivity (Wildman–Crippen MR) is 98.2 cm³/mol. The topological polar surface area (TPSA) is 75.6 Å². The van der Waals surface area contributed by atoms with Crippen LogP contribution in [0.5, 0.6) is 5.75 Å². The summed E-state index contributed by atoms with van der Waals surface area (Å²) in [5.41, 5.74) is 1.78. The Hall–Kier alpha value is -2.34. The van der Waals surface area contributed by atoms with Gasteiger partial charge in [-0.25, -0.2) is 4.79 Å². The number of rotatable bonds is 8. The number of carbonyl (C=O) groups is 2. The fraction of sp³-hybridized carbons (Fsp3) is 0.368. The highest BCUT2D eigenvalue weighted by atomic mass is 32.1. The molecule has 0 aliphatic heterocycles. The van der Waals surface area contributed by atoms with Crippen molar-refractivity contribution in [1.82, 2.24) is 5.32 Å². The Balaban J connectivity index is 1.91. The molecule has 1 unspecified atom stereocenters. The van der Waals surface area contributed by atoms with Crippen molar-refractivity contribution in [3.05, 3.63) is 51.2 Å².